The zero-order valence-corrected chi connectivity index (χ0v) is 54.1. The van der Waals surface area contributed by atoms with Crippen LogP contribution < -0.4 is 0 Å². The minimum atomic E-state index is -0.798. The fraction of sp³-hybridized carbons (Fsp3) is 0.800. The van der Waals surface area contributed by atoms with Crippen molar-refractivity contribution in [2.24, 2.45) is 0 Å². The quantitative estimate of drug-likeness (QED) is 0.0261. The smallest absolute Gasteiger partial charge is 0.306 e. The van der Waals surface area contributed by atoms with Crippen molar-refractivity contribution in [2.75, 3.05) is 13.2 Å². The topological polar surface area (TPSA) is 78.9 Å². The highest BCUT2D eigenvalue weighted by molar-refractivity contribution is 5.71. The first-order valence-corrected chi connectivity index (χ1v) is 35.4. The molecule has 0 heterocycles. The van der Waals surface area contributed by atoms with Gasteiger partial charge in [0.1, 0.15) is 13.2 Å². The molecule has 470 valence electrons. The van der Waals surface area contributed by atoms with Crippen LogP contribution in [0, 0.1) is 0 Å². The Balaban J connectivity index is 4.39. The maximum atomic E-state index is 12.9. The van der Waals surface area contributed by atoms with Crippen molar-refractivity contribution in [2.45, 2.75) is 374 Å². The highest BCUT2D eigenvalue weighted by Crippen LogP contribution is 2.18. The van der Waals surface area contributed by atoms with Crippen molar-refractivity contribution >= 4 is 17.9 Å². The first-order chi connectivity index (χ1) is 40.0. The summed E-state index contributed by atoms with van der Waals surface area (Å²) in [6.07, 6.45) is 90.7. The molecule has 0 aromatic carbocycles. The van der Waals surface area contributed by atoms with Gasteiger partial charge >= 0.3 is 17.9 Å². The Labute approximate surface area is 503 Å². The number of allylic oxidation sites excluding steroid dienone is 12. The highest BCUT2D eigenvalue weighted by atomic mass is 16.6. The van der Waals surface area contributed by atoms with E-state index in [1.165, 1.54) is 231 Å². The zero-order chi connectivity index (χ0) is 58.5. The van der Waals surface area contributed by atoms with Crippen molar-refractivity contribution in [1.29, 1.82) is 0 Å². The maximum Gasteiger partial charge on any atom is 0.306 e. The van der Waals surface area contributed by atoms with Crippen LogP contribution in [0.15, 0.2) is 72.9 Å². The summed E-state index contributed by atoms with van der Waals surface area (Å²) in [5, 5.41) is 0. The van der Waals surface area contributed by atoms with Gasteiger partial charge in [0.2, 0.25) is 0 Å². The molecule has 0 spiro atoms. The summed E-state index contributed by atoms with van der Waals surface area (Å²) in [5.74, 6) is -0.907. The lowest BCUT2D eigenvalue weighted by Gasteiger charge is -2.18. The minimum absolute atomic E-state index is 0.0883. The SMILES string of the molecule is CC/C=C\C/C=C\C/C=C\C/C=C\C/C=C\C/C=C\CCCCC(=O)OC(COC(=O)CCCCCCCCCCCCCCCCCCCCC)COC(=O)CCCCCCCCCCCCCCCCCCCCCCCCC. The molecule has 81 heavy (non-hydrogen) atoms. The molecule has 0 amide bonds. The summed E-state index contributed by atoms with van der Waals surface area (Å²) >= 11 is 0. The molecule has 0 aliphatic carbocycles. The Morgan fingerprint density at radius 2 is 0.481 bits per heavy atom. The summed E-state index contributed by atoms with van der Waals surface area (Å²) < 4.78 is 17.0. The van der Waals surface area contributed by atoms with E-state index in [1.807, 2.05) is 0 Å². The zero-order valence-electron chi connectivity index (χ0n) is 54.1. The third-order valence-electron chi connectivity index (χ3n) is 15.7. The number of esters is 3. The molecule has 0 aliphatic heterocycles. The third kappa shape index (κ3) is 67.5. The molecule has 1 unspecified atom stereocenters. The molecule has 0 radical (unpaired) electrons. The summed E-state index contributed by atoms with van der Waals surface area (Å²) in [4.78, 5) is 38.5. The van der Waals surface area contributed by atoms with Crippen LogP contribution in [0.2, 0.25) is 0 Å². The van der Waals surface area contributed by atoms with Gasteiger partial charge in [-0.2, -0.15) is 0 Å². The number of ether oxygens (including phenoxy) is 3. The number of carbonyl (C=O) groups is 3. The lowest BCUT2D eigenvalue weighted by atomic mass is 10.0. The number of hydrogen-bond donors (Lipinski definition) is 0. The van der Waals surface area contributed by atoms with E-state index in [0.29, 0.717) is 19.3 Å². The molecule has 0 aliphatic rings. The Morgan fingerprint density at radius 3 is 0.753 bits per heavy atom. The predicted molar refractivity (Wildman–Crippen MR) is 353 cm³/mol. The Kier molecular flexibility index (Phi) is 66.6. The van der Waals surface area contributed by atoms with E-state index in [0.717, 1.165) is 89.9 Å². The number of unbranched alkanes of at least 4 members (excludes halogenated alkanes) is 42. The van der Waals surface area contributed by atoms with Gasteiger partial charge in [-0.15, -0.1) is 0 Å². The van der Waals surface area contributed by atoms with Gasteiger partial charge in [-0.05, 0) is 70.6 Å². The lowest BCUT2D eigenvalue weighted by molar-refractivity contribution is -0.167. The van der Waals surface area contributed by atoms with E-state index in [4.69, 9.17) is 14.2 Å². The number of hydrogen-bond acceptors (Lipinski definition) is 6. The Hall–Kier alpha value is -3.15. The number of rotatable bonds is 65. The Bertz CT molecular complexity index is 1490. The van der Waals surface area contributed by atoms with Crippen LogP contribution in [-0.4, -0.2) is 37.2 Å². The maximum absolute atomic E-state index is 12.9. The summed E-state index contributed by atoms with van der Waals surface area (Å²) in [7, 11) is 0. The van der Waals surface area contributed by atoms with Gasteiger partial charge in [-0.25, -0.2) is 0 Å². The van der Waals surface area contributed by atoms with Gasteiger partial charge < -0.3 is 14.2 Å². The van der Waals surface area contributed by atoms with Crippen molar-refractivity contribution in [3.8, 4) is 0 Å². The predicted octanol–water partition coefficient (Wildman–Crippen LogP) is 24.4. The molecule has 0 bridgehead atoms. The monoisotopic (exact) mass is 1130 g/mol. The third-order valence-corrected chi connectivity index (χ3v) is 15.7. The van der Waals surface area contributed by atoms with Gasteiger partial charge in [-0.1, -0.05) is 351 Å². The molecular formula is C75H134O6. The van der Waals surface area contributed by atoms with Crippen LogP contribution in [-0.2, 0) is 28.6 Å². The molecule has 6 nitrogen and oxygen atoms in total. The van der Waals surface area contributed by atoms with Crippen LogP contribution in [0.4, 0.5) is 0 Å². The van der Waals surface area contributed by atoms with Crippen LogP contribution in [0.1, 0.15) is 367 Å². The van der Waals surface area contributed by atoms with Gasteiger partial charge in [0.15, 0.2) is 6.10 Å². The van der Waals surface area contributed by atoms with Crippen molar-refractivity contribution in [1.82, 2.24) is 0 Å². The summed E-state index contributed by atoms with van der Waals surface area (Å²) in [6.45, 7) is 6.56. The summed E-state index contributed by atoms with van der Waals surface area (Å²) in [5.41, 5.74) is 0. The first-order valence-electron chi connectivity index (χ1n) is 35.4. The standard InChI is InChI=1S/C75H134O6/c1-4-7-10-13-16-19-22-25-28-31-34-36-37-39-41-44-47-50-53-56-59-62-65-68-74(77)80-71-72(70-79-73(76)67-64-61-58-55-52-49-46-43-40-33-30-27-24-21-18-15-12-9-6-3)81-75(78)69-66-63-60-57-54-51-48-45-42-38-35-32-29-26-23-20-17-14-11-8-5-2/h8,11,17,20,26,29,35,38,45,48,54,57,72H,4-7,9-10,12-16,18-19,21-25,27-28,30-34,36-37,39-44,46-47,49-53,55-56,58-71H2,1-3H3/b11-8-,20-17-,29-26-,38-35-,48-45-,57-54-. The molecule has 6 heteroatoms. The average Bonchev–Trinajstić information content (AvgIpc) is 3.47. The van der Waals surface area contributed by atoms with Crippen LogP contribution in [0.25, 0.3) is 0 Å². The summed E-state index contributed by atoms with van der Waals surface area (Å²) in [6, 6.07) is 0. The normalized spacial score (nSPS) is 12.5. The molecule has 0 aromatic heterocycles. The lowest BCUT2D eigenvalue weighted by Crippen LogP contribution is -2.30. The Morgan fingerprint density at radius 1 is 0.259 bits per heavy atom. The van der Waals surface area contributed by atoms with Crippen molar-refractivity contribution in [3.63, 3.8) is 0 Å². The van der Waals surface area contributed by atoms with Crippen LogP contribution >= 0.6 is 0 Å². The number of carbonyl (C=O) groups excluding carboxylic acids is 3. The van der Waals surface area contributed by atoms with Gasteiger partial charge in [0.05, 0.1) is 0 Å². The first kappa shape index (κ1) is 77.9. The fourth-order valence-electron chi connectivity index (χ4n) is 10.5. The second-order valence-electron chi connectivity index (χ2n) is 23.8. The molecule has 0 N–H and O–H groups in total. The van der Waals surface area contributed by atoms with Crippen LogP contribution in [0.5, 0.6) is 0 Å². The van der Waals surface area contributed by atoms with Gasteiger partial charge in [0.25, 0.3) is 0 Å². The second-order valence-corrected chi connectivity index (χ2v) is 23.8. The molecular weight excluding hydrogens is 997 g/mol. The molecule has 1 atom stereocenters. The fourth-order valence-corrected chi connectivity index (χ4v) is 10.5. The molecule has 0 rings (SSSR count). The van der Waals surface area contributed by atoms with E-state index in [9.17, 15) is 14.4 Å². The average molecular weight is 1130 g/mol. The largest absolute Gasteiger partial charge is 0.462 e. The van der Waals surface area contributed by atoms with Gasteiger partial charge in [0, 0.05) is 19.3 Å². The van der Waals surface area contributed by atoms with Gasteiger partial charge in [-0.3, -0.25) is 14.4 Å². The van der Waals surface area contributed by atoms with E-state index in [2.05, 4.69) is 93.7 Å². The van der Waals surface area contributed by atoms with Crippen molar-refractivity contribution in [3.05, 3.63) is 72.9 Å². The van der Waals surface area contributed by atoms with E-state index < -0.39 is 6.10 Å². The van der Waals surface area contributed by atoms with E-state index in [1.54, 1.807) is 0 Å². The highest BCUT2D eigenvalue weighted by Gasteiger charge is 2.19. The van der Waals surface area contributed by atoms with Crippen LogP contribution in [0.3, 0.4) is 0 Å². The molecule has 0 fully saturated rings. The van der Waals surface area contributed by atoms with Crippen molar-refractivity contribution < 1.29 is 28.6 Å². The molecule has 0 saturated heterocycles. The van der Waals surface area contributed by atoms with E-state index in [-0.39, 0.29) is 37.5 Å². The van der Waals surface area contributed by atoms with E-state index >= 15 is 0 Å². The molecule has 0 aromatic rings. The second kappa shape index (κ2) is 69.3. The molecule has 0 saturated carbocycles. The minimum Gasteiger partial charge on any atom is -0.462 e.